The molecule has 0 aliphatic rings. The number of halogens is 1. The molecule has 0 atom stereocenters. The monoisotopic (exact) mass is 383 g/mol. The van der Waals surface area contributed by atoms with Crippen LogP contribution < -0.4 is 9.46 Å². The van der Waals surface area contributed by atoms with Gasteiger partial charge < -0.3 is 4.74 Å². The number of aryl methyl sites for hydroxylation is 2. The second kappa shape index (κ2) is 7.15. The minimum atomic E-state index is -3.39. The van der Waals surface area contributed by atoms with Gasteiger partial charge in [-0.1, -0.05) is 34.1 Å². The Morgan fingerprint density at radius 2 is 1.95 bits per heavy atom. The highest BCUT2D eigenvalue weighted by Gasteiger charge is 2.11. The largest absolute Gasteiger partial charge is 0.497 e. The molecule has 0 aliphatic heterocycles. The van der Waals surface area contributed by atoms with Gasteiger partial charge >= 0.3 is 0 Å². The second-order valence-electron chi connectivity index (χ2n) is 4.99. The van der Waals surface area contributed by atoms with E-state index in [1.165, 1.54) is 0 Å². The summed E-state index contributed by atoms with van der Waals surface area (Å²) in [5, 5.41) is 0. The number of methoxy groups -OCH3 is 1. The molecule has 0 aliphatic carbocycles. The molecule has 4 nitrogen and oxygen atoms in total. The average Bonchev–Trinajstić information content (AvgIpc) is 2.49. The van der Waals surface area contributed by atoms with E-state index in [1.54, 1.807) is 19.2 Å². The van der Waals surface area contributed by atoms with E-state index in [2.05, 4.69) is 20.7 Å². The van der Waals surface area contributed by atoms with Gasteiger partial charge in [-0.05, 0) is 48.7 Å². The topological polar surface area (TPSA) is 55.4 Å². The zero-order valence-corrected chi connectivity index (χ0v) is 14.9. The van der Waals surface area contributed by atoms with Crippen molar-refractivity contribution in [3.05, 3.63) is 58.1 Å². The minimum Gasteiger partial charge on any atom is -0.497 e. The number of hydrogen-bond donors (Lipinski definition) is 1. The van der Waals surface area contributed by atoms with Crippen molar-refractivity contribution in [2.24, 2.45) is 0 Å². The summed E-state index contributed by atoms with van der Waals surface area (Å²) in [5.41, 5.74) is 2.54. The highest BCUT2D eigenvalue weighted by Crippen LogP contribution is 2.21. The maximum Gasteiger partial charge on any atom is 0.233 e. The molecule has 2 aromatic rings. The van der Waals surface area contributed by atoms with Crippen molar-refractivity contribution >= 4 is 31.6 Å². The highest BCUT2D eigenvalue weighted by molar-refractivity contribution is 9.10. The number of hydrogen-bond acceptors (Lipinski definition) is 3. The quantitative estimate of drug-likeness (QED) is 0.825. The Kier molecular flexibility index (Phi) is 5.47. The fraction of sp³-hybridized carbons (Fsp3) is 0.250. The summed E-state index contributed by atoms with van der Waals surface area (Å²) in [6.07, 6.45) is 0.430. The molecule has 0 aromatic heterocycles. The van der Waals surface area contributed by atoms with Crippen LogP contribution in [0.4, 0.5) is 5.69 Å². The molecule has 0 amide bonds. The molecule has 0 saturated carbocycles. The van der Waals surface area contributed by atoms with E-state index in [9.17, 15) is 8.42 Å². The van der Waals surface area contributed by atoms with Crippen LogP contribution in [0.2, 0.25) is 0 Å². The van der Waals surface area contributed by atoms with Crippen molar-refractivity contribution in [1.82, 2.24) is 0 Å². The maximum atomic E-state index is 12.2. The summed E-state index contributed by atoms with van der Waals surface area (Å²) in [6.45, 7) is 1.95. The lowest BCUT2D eigenvalue weighted by Crippen LogP contribution is -2.18. The van der Waals surface area contributed by atoms with Crippen molar-refractivity contribution in [1.29, 1.82) is 0 Å². The van der Waals surface area contributed by atoms with Crippen molar-refractivity contribution in [2.45, 2.75) is 13.3 Å². The SMILES string of the molecule is COc1cccc(CCS(=O)(=O)Nc2ccc(C)c(Br)c2)c1. The van der Waals surface area contributed by atoms with Gasteiger partial charge in [0.05, 0.1) is 12.9 Å². The summed E-state index contributed by atoms with van der Waals surface area (Å²) in [6, 6.07) is 12.8. The van der Waals surface area contributed by atoms with Gasteiger partial charge in [-0.25, -0.2) is 8.42 Å². The maximum absolute atomic E-state index is 12.2. The predicted molar refractivity (Wildman–Crippen MR) is 93.0 cm³/mol. The third kappa shape index (κ3) is 4.74. The van der Waals surface area contributed by atoms with Gasteiger partial charge in [-0.15, -0.1) is 0 Å². The molecule has 1 N–H and O–H groups in total. The lowest BCUT2D eigenvalue weighted by atomic mass is 10.2. The van der Waals surface area contributed by atoms with E-state index in [4.69, 9.17) is 4.74 Å². The van der Waals surface area contributed by atoms with E-state index in [1.807, 2.05) is 37.3 Å². The molecule has 0 radical (unpaired) electrons. The third-order valence-electron chi connectivity index (χ3n) is 3.24. The summed E-state index contributed by atoms with van der Waals surface area (Å²) < 4.78 is 32.9. The van der Waals surface area contributed by atoms with Gasteiger partial charge in [-0.3, -0.25) is 4.72 Å². The minimum absolute atomic E-state index is 0.0195. The number of rotatable bonds is 6. The van der Waals surface area contributed by atoms with Gasteiger partial charge in [-0.2, -0.15) is 0 Å². The number of sulfonamides is 1. The van der Waals surface area contributed by atoms with E-state index in [0.717, 1.165) is 21.3 Å². The Morgan fingerprint density at radius 1 is 1.18 bits per heavy atom. The Labute approximate surface area is 139 Å². The molecule has 6 heteroatoms. The first-order valence-electron chi connectivity index (χ1n) is 6.79. The van der Waals surface area contributed by atoms with Gasteiger partial charge in [0.15, 0.2) is 0 Å². The smallest absolute Gasteiger partial charge is 0.233 e. The molecule has 0 bridgehead atoms. The molecular weight excluding hydrogens is 366 g/mol. The second-order valence-corrected chi connectivity index (χ2v) is 7.68. The fourth-order valence-corrected chi connectivity index (χ4v) is 3.44. The molecule has 0 heterocycles. The van der Waals surface area contributed by atoms with Crippen LogP contribution in [0.1, 0.15) is 11.1 Å². The number of nitrogens with one attached hydrogen (secondary N) is 1. The molecule has 0 unspecified atom stereocenters. The van der Waals surface area contributed by atoms with E-state index in [-0.39, 0.29) is 5.75 Å². The standard InChI is InChI=1S/C16H18BrNO3S/c1-12-6-7-14(11-16(12)17)18-22(19,20)9-8-13-4-3-5-15(10-13)21-2/h3-7,10-11,18H,8-9H2,1-2H3. The predicted octanol–water partition coefficient (Wildman–Crippen LogP) is 3.75. The van der Waals surface area contributed by atoms with Crippen LogP contribution in [0.25, 0.3) is 0 Å². The average molecular weight is 384 g/mol. The molecule has 2 rings (SSSR count). The first-order valence-corrected chi connectivity index (χ1v) is 9.24. The first-order chi connectivity index (χ1) is 10.4. The molecule has 0 spiro atoms. The summed E-state index contributed by atoms with van der Waals surface area (Å²) in [5.74, 6) is 0.747. The fourth-order valence-electron chi connectivity index (χ4n) is 1.97. The number of benzene rings is 2. The van der Waals surface area contributed by atoms with E-state index >= 15 is 0 Å². The van der Waals surface area contributed by atoms with Crippen LogP contribution in [-0.2, 0) is 16.4 Å². The van der Waals surface area contributed by atoms with Crippen LogP contribution in [0.3, 0.4) is 0 Å². The van der Waals surface area contributed by atoms with Gasteiger partial charge in [0.1, 0.15) is 5.75 Å². The lowest BCUT2D eigenvalue weighted by Gasteiger charge is -2.10. The number of anilines is 1. The van der Waals surface area contributed by atoms with Crippen molar-refractivity contribution in [3.8, 4) is 5.75 Å². The van der Waals surface area contributed by atoms with Crippen LogP contribution >= 0.6 is 15.9 Å². The van der Waals surface area contributed by atoms with Gasteiger partial charge in [0.25, 0.3) is 0 Å². The van der Waals surface area contributed by atoms with Crippen molar-refractivity contribution < 1.29 is 13.2 Å². The summed E-state index contributed by atoms with van der Waals surface area (Å²) in [4.78, 5) is 0. The zero-order valence-electron chi connectivity index (χ0n) is 12.5. The summed E-state index contributed by atoms with van der Waals surface area (Å²) >= 11 is 3.40. The molecule has 118 valence electrons. The van der Waals surface area contributed by atoms with Crippen LogP contribution in [0.15, 0.2) is 46.9 Å². The van der Waals surface area contributed by atoms with Crippen molar-refractivity contribution in [2.75, 3.05) is 17.6 Å². The Morgan fingerprint density at radius 3 is 2.64 bits per heavy atom. The normalized spacial score (nSPS) is 11.2. The van der Waals surface area contributed by atoms with Crippen LogP contribution in [0, 0.1) is 6.92 Å². The van der Waals surface area contributed by atoms with Crippen LogP contribution in [-0.4, -0.2) is 21.3 Å². The molecule has 22 heavy (non-hydrogen) atoms. The van der Waals surface area contributed by atoms with E-state index in [0.29, 0.717) is 12.1 Å². The molecule has 0 saturated heterocycles. The molecular formula is C16H18BrNO3S. The summed E-state index contributed by atoms with van der Waals surface area (Å²) in [7, 11) is -1.80. The molecule has 0 fully saturated rings. The lowest BCUT2D eigenvalue weighted by molar-refractivity contribution is 0.414. The first kappa shape index (κ1) is 16.8. The third-order valence-corrected chi connectivity index (χ3v) is 5.38. The van der Waals surface area contributed by atoms with E-state index < -0.39 is 10.0 Å². The number of ether oxygens (including phenoxy) is 1. The Hall–Kier alpha value is -1.53. The molecule has 2 aromatic carbocycles. The zero-order chi connectivity index (χ0) is 16.2. The van der Waals surface area contributed by atoms with Gasteiger partial charge in [0.2, 0.25) is 10.0 Å². The highest BCUT2D eigenvalue weighted by atomic mass is 79.9. The van der Waals surface area contributed by atoms with Gasteiger partial charge in [0, 0.05) is 10.2 Å². The Balaban J connectivity index is 2.02. The van der Waals surface area contributed by atoms with Crippen molar-refractivity contribution in [3.63, 3.8) is 0 Å². The Bertz CT molecular complexity index is 760. The van der Waals surface area contributed by atoms with Crippen LogP contribution in [0.5, 0.6) is 5.75 Å².